The third-order valence-corrected chi connectivity index (χ3v) is 2.27. The molecule has 2 rings (SSSR count). The summed E-state index contributed by atoms with van der Waals surface area (Å²) in [6.45, 7) is 0. The standard InChI is InChI=1S/C13H8ClFO2/c14-10-6-11(15)8-12(7-10)17-13(16)9-4-2-1-3-5-9/h1-8H. The number of halogens is 2. The fourth-order valence-corrected chi connectivity index (χ4v) is 1.54. The van der Waals surface area contributed by atoms with E-state index >= 15 is 0 Å². The zero-order valence-corrected chi connectivity index (χ0v) is 9.45. The number of hydrogen-bond donors (Lipinski definition) is 0. The van der Waals surface area contributed by atoms with Gasteiger partial charge in [-0.1, -0.05) is 29.8 Å². The first kappa shape index (κ1) is 11.6. The molecule has 0 unspecified atom stereocenters. The first-order chi connectivity index (χ1) is 8.15. The van der Waals surface area contributed by atoms with Gasteiger partial charge in [0, 0.05) is 11.1 Å². The largest absolute Gasteiger partial charge is 0.423 e. The smallest absolute Gasteiger partial charge is 0.343 e. The quantitative estimate of drug-likeness (QED) is 0.600. The summed E-state index contributed by atoms with van der Waals surface area (Å²) in [6, 6.07) is 12.1. The molecule has 4 heteroatoms. The summed E-state index contributed by atoms with van der Waals surface area (Å²) < 4.78 is 18.0. The van der Waals surface area contributed by atoms with E-state index in [-0.39, 0.29) is 10.8 Å². The summed E-state index contributed by atoms with van der Waals surface area (Å²) in [5.74, 6) is -1.01. The Hall–Kier alpha value is -1.87. The second kappa shape index (κ2) is 4.97. The van der Waals surface area contributed by atoms with Crippen molar-refractivity contribution < 1.29 is 13.9 Å². The zero-order chi connectivity index (χ0) is 12.3. The van der Waals surface area contributed by atoms with Crippen molar-refractivity contribution in [1.29, 1.82) is 0 Å². The zero-order valence-electron chi connectivity index (χ0n) is 8.69. The van der Waals surface area contributed by atoms with E-state index in [1.807, 2.05) is 0 Å². The number of benzene rings is 2. The molecular formula is C13H8ClFO2. The lowest BCUT2D eigenvalue weighted by molar-refractivity contribution is 0.0734. The van der Waals surface area contributed by atoms with Crippen molar-refractivity contribution in [2.75, 3.05) is 0 Å². The van der Waals surface area contributed by atoms with Gasteiger partial charge in [-0.05, 0) is 24.3 Å². The molecule has 0 heterocycles. The Kier molecular flexibility index (Phi) is 3.40. The fourth-order valence-electron chi connectivity index (χ4n) is 1.33. The van der Waals surface area contributed by atoms with Gasteiger partial charge >= 0.3 is 5.97 Å². The Morgan fingerprint density at radius 1 is 1.12 bits per heavy atom. The SMILES string of the molecule is O=C(Oc1cc(F)cc(Cl)c1)c1ccccc1. The van der Waals surface area contributed by atoms with Gasteiger partial charge in [-0.2, -0.15) is 0 Å². The minimum atomic E-state index is -0.549. The van der Waals surface area contributed by atoms with Gasteiger partial charge in [0.25, 0.3) is 0 Å². The molecule has 0 saturated carbocycles. The van der Waals surface area contributed by atoms with Crippen molar-refractivity contribution in [2.24, 2.45) is 0 Å². The molecule has 17 heavy (non-hydrogen) atoms. The van der Waals surface area contributed by atoms with Crippen molar-refractivity contribution >= 4 is 17.6 Å². The van der Waals surface area contributed by atoms with Crippen LogP contribution in [0.4, 0.5) is 4.39 Å². The molecule has 0 aliphatic rings. The van der Waals surface area contributed by atoms with Crippen molar-refractivity contribution in [3.8, 4) is 5.75 Å². The molecule has 0 aromatic heterocycles. The van der Waals surface area contributed by atoms with E-state index in [4.69, 9.17) is 16.3 Å². The Morgan fingerprint density at radius 3 is 2.47 bits per heavy atom. The number of ether oxygens (including phenoxy) is 1. The molecule has 0 spiro atoms. The van der Waals surface area contributed by atoms with Crippen LogP contribution in [0.15, 0.2) is 48.5 Å². The predicted octanol–water partition coefficient (Wildman–Crippen LogP) is 3.70. The lowest BCUT2D eigenvalue weighted by Crippen LogP contribution is -2.08. The van der Waals surface area contributed by atoms with Crippen LogP contribution >= 0.6 is 11.6 Å². The van der Waals surface area contributed by atoms with Crippen molar-refractivity contribution in [2.45, 2.75) is 0 Å². The second-order valence-electron chi connectivity index (χ2n) is 3.36. The molecule has 2 aromatic rings. The Balaban J connectivity index is 2.19. The maximum Gasteiger partial charge on any atom is 0.343 e. The molecule has 2 aromatic carbocycles. The molecule has 0 N–H and O–H groups in total. The Morgan fingerprint density at radius 2 is 1.82 bits per heavy atom. The predicted molar refractivity (Wildman–Crippen MR) is 62.8 cm³/mol. The highest BCUT2D eigenvalue weighted by Gasteiger charge is 2.09. The van der Waals surface area contributed by atoms with Crippen LogP contribution in [0.1, 0.15) is 10.4 Å². The van der Waals surface area contributed by atoms with Crippen molar-refractivity contribution in [3.05, 3.63) is 64.9 Å². The number of carbonyl (C=O) groups excluding carboxylic acids is 1. The highest BCUT2D eigenvalue weighted by molar-refractivity contribution is 6.30. The van der Waals surface area contributed by atoms with E-state index < -0.39 is 11.8 Å². The van der Waals surface area contributed by atoms with Gasteiger partial charge in [-0.15, -0.1) is 0 Å². The fraction of sp³-hybridized carbons (Fsp3) is 0. The third-order valence-electron chi connectivity index (χ3n) is 2.06. The van der Waals surface area contributed by atoms with Gasteiger partial charge in [-0.3, -0.25) is 0 Å². The average Bonchev–Trinajstić information content (AvgIpc) is 2.28. The van der Waals surface area contributed by atoms with Gasteiger partial charge in [0.15, 0.2) is 0 Å². The normalized spacial score (nSPS) is 10.0. The molecule has 0 amide bonds. The van der Waals surface area contributed by atoms with Crippen LogP contribution in [0.3, 0.4) is 0 Å². The van der Waals surface area contributed by atoms with Crippen molar-refractivity contribution in [3.63, 3.8) is 0 Å². The number of esters is 1. The van der Waals surface area contributed by atoms with Crippen LogP contribution in [-0.2, 0) is 0 Å². The lowest BCUT2D eigenvalue weighted by atomic mass is 10.2. The molecular weight excluding hydrogens is 243 g/mol. The van der Waals surface area contributed by atoms with E-state index in [2.05, 4.69) is 0 Å². The Labute approximate surface area is 103 Å². The summed E-state index contributed by atoms with van der Waals surface area (Å²) in [5, 5.41) is 0.181. The van der Waals surface area contributed by atoms with E-state index in [9.17, 15) is 9.18 Å². The average molecular weight is 251 g/mol. The summed E-state index contributed by atoms with van der Waals surface area (Å²) in [5.41, 5.74) is 0.396. The number of rotatable bonds is 2. The first-order valence-corrected chi connectivity index (χ1v) is 5.26. The minimum Gasteiger partial charge on any atom is -0.423 e. The first-order valence-electron chi connectivity index (χ1n) is 4.88. The summed E-state index contributed by atoms with van der Waals surface area (Å²) in [6.07, 6.45) is 0. The van der Waals surface area contributed by atoms with Crippen LogP contribution in [0, 0.1) is 5.82 Å². The number of hydrogen-bond acceptors (Lipinski definition) is 2. The van der Waals surface area contributed by atoms with Gasteiger partial charge in [0.05, 0.1) is 5.56 Å². The van der Waals surface area contributed by atoms with Crippen molar-refractivity contribution in [1.82, 2.24) is 0 Å². The van der Waals surface area contributed by atoms with E-state index in [0.717, 1.165) is 12.1 Å². The second-order valence-corrected chi connectivity index (χ2v) is 3.80. The van der Waals surface area contributed by atoms with Crippen LogP contribution < -0.4 is 4.74 Å². The lowest BCUT2D eigenvalue weighted by Gasteiger charge is -2.04. The highest BCUT2D eigenvalue weighted by Crippen LogP contribution is 2.21. The monoisotopic (exact) mass is 250 g/mol. The van der Waals surface area contributed by atoms with Crippen LogP contribution in [0.25, 0.3) is 0 Å². The topological polar surface area (TPSA) is 26.3 Å². The minimum absolute atomic E-state index is 0.0869. The van der Waals surface area contributed by atoms with E-state index in [1.54, 1.807) is 30.3 Å². The number of carbonyl (C=O) groups is 1. The molecule has 86 valence electrons. The van der Waals surface area contributed by atoms with Gasteiger partial charge in [0.1, 0.15) is 11.6 Å². The molecule has 0 saturated heterocycles. The Bertz CT molecular complexity index is 520. The molecule has 0 bridgehead atoms. The van der Waals surface area contributed by atoms with Crippen LogP contribution in [0.5, 0.6) is 5.75 Å². The molecule has 0 aliphatic heterocycles. The maximum atomic E-state index is 13.0. The molecule has 0 atom stereocenters. The van der Waals surface area contributed by atoms with Gasteiger partial charge < -0.3 is 4.74 Å². The highest BCUT2D eigenvalue weighted by atomic mass is 35.5. The van der Waals surface area contributed by atoms with Gasteiger partial charge in [-0.25, -0.2) is 9.18 Å². The van der Waals surface area contributed by atoms with E-state index in [1.165, 1.54) is 6.07 Å². The summed E-state index contributed by atoms with van der Waals surface area (Å²) >= 11 is 5.65. The van der Waals surface area contributed by atoms with Crippen LogP contribution in [-0.4, -0.2) is 5.97 Å². The molecule has 0 radical (unpaired) electrons. The molecule has 2 nitrogen and oxygen atoms in total. The molecule has 0 aliphatic carbocycles. The summed E-state index contributed by atoms with van der Waals surface area (Å²) in [4.78, 5) is 11.6. The van der Waals surface area contributed by atoms with E-state index in [0.29, 0.717) is 5.56 Å². The molecule has 0 fully saturated rings. The van der Waals surface area contributed by atoms with Gasteiger partial charge in [0.2, 0.25) is 0 Å². The van der Waals surface area contributed by atoms with Crippen LogP contribution in [0.2, 0.25) is 5.02 Å². The third kappa shape index (κ3) is 3.04. The maximum absolute atomic E-state index is 13.0. The summed E-state index contributed by atoms with van der Waals surface area (Å²) in [7, 11) is 0.